The molecule has 0 aliphatic carbocycles. The number of hydrogen-bond donors (Lipinski definition) is 2. The zero-order valence-corrected chi connectivity index (χ0v) is 11.3. The molecule has 3 heteroatoms. The van der Waals surface area contributed by atoms with Crippen LogP contribution in [0.1, 0.15) is 58.3 Å². The van der Waals surface area contributed by atoms with Crippen LogP contribution in [0.3, 0.4) is 0 Å². The summed E-state index contributed by atoms with van der Waals surface area (Å²) in [5, 5.41) is 3.38. The molecule has 0 aromatic heterocycles. The minimum Gasteiger partial charge on any atom is -0.366 e. The van der Waals surface area contributed by atoms with Gasteiger partial charge in [0.2, 0.25) is 5.91 Å². The van der Waals surface area contributed by atoms with Crippen LogP contribution in [-0.4, -0.2) is 19.0 Å². The number of unbranched alkanes of at least 4 members (excludes halogenated alkanes) is 5. The van der Waals surface area contributed by atoms with E-state index in [9.17, 15) is 4.79 Å². The second kappa shape index (κ2) is 11.6. The van der Waals surface area contributed by atoms with E-state index < -0.39 is 0 Å². The van der Waals surface area contributed by atoms with Crippen LogP contribution >= 0.6 is 0 Å². The number of carbonyl (C=O) groups is 1. The Morgan fingerprint density at radius 2 is 1.65 bits per heavy atom. The summed E-state index contributed by atoms with van der Waals surface area (Å²) in [4.78, 5) is 10.7. The van der Waals surface area contributed by atoms with Crippen molar-refractivity contribution in [2.24, 2.45) is 5.73 Å². The van der Waals surface area contributed by atoms with Crippen molar-refractivity contribution in [3.05, 3.63) is 12.2 Å². The van der Waals surface area contributed by atoms with Crippen LogP contribution in [0.25, 0.3) is 0 Å². The van der Waals surface area contributed by atoms with E-state index in [0.717, 1.165) is 19.5 Å². The molecule has 0 aliphatic heterocycles. The van der Waals surface area contributed by atoms with E-state index in [0.29, 0.717) is 12.0 Å². The molecule has 0 radical (unpaired) electrons. The maximum atomic E-state index is 10.7. The molecule has 1 amide bonds. The van der Waals surface area contributed by atoms with Gasteiger partial charge in [-0.2, -0.15) is 0 Å². The first kappa shape index (κ1) is 16.2. The Bertz CT molecular complexity index is 214. The first-order chi connectivity index (χ1) is 8.18. The molecular weight excluding hydrogens is 212 g/mol. The molecule has 0 rings (SSSR count). The molecule has 17 heavy (non-hydrogen) atoms. The minimum absolute atomic E-state index is 0.374. The molecule has 0 heterocycles. The Morgan fingerprint density at radius 3 is 2.29 bits per heavy atom. The SMILES string of the molecule is C=C(CCCNCCCCCCCC)C(N)=O. The first-order valence-corrected chi connectivity index (χ1v) is 6.86. The summed E-state index contributed by atoms with van der Waals surface area (Å²) >= 11 is 0. The smallest absolute Gasteiger partial charge is 0.244 e. The van der Waals surface area contributed by atoms with Crippen molar-refractivity contribution < 1.29 is 4.79 Å². The Labute approximate surface area is 106 Å². The van der Waals surface area contributed by atoms with Gasteiger partial charge in [0, 0.05) is 5.57 Å². The second-order valence-electron chi connectivity index (χ2n) is 4.59. The molecule has 0 bridgehead atoms. The van der Waals surface area contributed by atoms with Gasteiger partial charge in [-0.25, -0.2) is 0 Å². The van der Waals surface area contributed by atoms with Gasteiger partial charge in [-0.1, -0.05) is 45.6 Å². The molecule has 3 N–H and O–H groups in total. The van der Waals surface area contributed by atoms with E-state index in [1.807, 2.05) is 0 Å². The van der Waals surface area contributed by atoms with Gasteiger partial charge in [0.25, 0.3) is 0 Å². The molecule has 0 aliphatic rings. The van der Waals surface area contributed by atoms with E-state index >= 15 is 0 Å². The summed E-state index contributed by atoms with van der Waals surface area (Å²) in [6, 6.07) is 0. The number of rotatable bonds is 12. The number of hydrogen-bond acceptors (Lipinski definition) is 2. The Morgan fingerprint density at radius 1 is 1.06 bits per heavy atom. The predicted octanol–water partition coefficient (Wildman–Crippen LogP) is 2.76. The number of carbonyl (C=O) groups excluding carboxylic acids is 1. The van der Waals surface area contributed by atoms with Crippen LogP contribution in [0.15, 0.2) is 12.2 Å². The average Bonchev–Trinajstić information content (AvgIpc) is 2.31. The van der Waals surface area contributed by atoms with E-state index in [1.165, 1.54) is 38.5 Å². The molecule has 3 nitrogen and oxygen atoms in total. The molecule has 0 unspecified atom stereocenters. The third-order valence-electron chi connectivity index (χ3n) is 2.89. The summed E-state index contributed by atoms with van der Waals surface area (Å²) in [6.07, 6.45) is 9.62. The molecule has 0 fully saturated rings. The van der Waals surface area contributed by atoms with Crippen LogP contribution in [0.2, 0.25) is 0 Å². The van der Waals surface area contributed by atoms with Crippen LogP contribution in [0.4, 0.5) is 0 Å². The lowest BCUT2D eigenvalue weighted by Gasteiger charge is -2.05. The van der Waals surface area contributed by atoms with Crippen molar-refractivity contribution in [2.75, 3.05) is 13.1 Å². The van der Waals surface area contributed by atoms with Gasteiger partial charge in [-0.05, 0) is 32.4 Å². The van der Waals surface area contributed by atoms with E-state index in [-0.39, 0.29) is 5.91 Å². The average molecular weight is 240 g/mol. The summed E-state index contributed by atoms with van der Waals surface area (Å²) in [5.74, 6) is -0.374. The summed E-state index contributed by atoms with van der Waals surface area (Å²) < 4.78 is 0. The molecule has 0 aromatic carbocycles. The van der Waals surface area contributed by atoms with E-state index in [4.69, 9.17) is 5.73 Å². The monoisotopic (exact) mass is 240 g/mol. The Hall–Kier alpha value is -0.830. The van der Waals surface area contributed by atoms with E-state index in [1.54, 1.807) is 0 Å². The highest BCUT2D eigenvalue weighted by molar-refractivity contribution is 5.91. The Kier molecular flexibility index (Phi) is 11.1. The summed E-state index contributed by atoms with van der Waals surface area (Å²) in [5.41, 5.74) is 5.63. The lowest BCUT2D eigenvalue weighted by molar-refractivity contribution is -0.114. The second-order valence-corrected chi connectivity index (χ2v) is 4.59. The van der Waals surface area contributed by atoms with Crippen LogP contribution in [0, 0.1) is 0 Å². The minimum atomic E-state index is -0.374. The molecule has 100 valence electrons. The maximum absolute atomic E-state index is 10.7. The van der Waals surface area contributed by atoms with Crippen LogP contribution in [0.5, 0.6) is 0 Å². The topological polar surface area (TPSA) is 55.1 Å². The first-order valence-electron chi connectivity index (χ1n) is 6.86. The lowest BCUT2D eigenvalue weighted by Crippen LogP contribution is -2.18. The maximum Gasteiger partial charge on any atom is 0.244 e. The lowest BCUT2D eigenvalue weighted by atomic mass is 10.1. The third kappa shape index (κ3) is 11.4. The summed E-state index contributed by atoms with van der Waals surface area (Å²) in [7, 11) is 0. The van der Waals surface area contributed by atoms with Crippen molar-refractivity contribution in [3.63, 3.8) is 0 Å². The normalized spacial score (nSPS) is 10.4. The third-order valence-corrected chi connectivity index (χ3v) is 2.89. The fourth-order valence-corrected chi connectivity index (χ4v) is 1.71. The van der Waals surface area contributed by atoms with Crippen molar-refractivity contribution in [1.82, 2.24) is 5.32 Å². The number of primary amides is 1. The zero-order valence-electron chi connectivity index (χ0n) is 11.3. The van der Waals surface area contributed by atoms with Gasteiger partial charge in [-0.3, -0.25) is 4.79 Å². The fourth-order valence-electron chi connectivity index (χ4n) is 1.71. The quantitative estimate of drug-likeness (QED) is 0.407. The Balaban J connectivity index is 3.08. The molecular formula is C14H28N2O. The fraction of sp³-hybridized carbons (Fsp3) is 0.786. The summed E-state index contributed by atoms with van der Waals surface area (Å²) in [6.45, 7) is 7.89. The highest BCUT2D eigenvalue weighted by Gasteiger charge is 1.99. The highest BCUT2D eigenvalue weighted by Crippen LogP contribution is 2.04. The van der Waals surface area contributed by atoms with Gasteiger partial charge in [0.05, 0.1) is 0 Å². The highest BCUT2D eigenvalue weighted by atomic mass is 16.1. The van der Waals surface area contributed by atoms with Crippen LogP contribution in [-0.2, 0) is 4.79 Å². The standard InChI is InChI=1S/C14H28N2O/c1-3-4-5-6-7-8-11-16-12-9-10-13(2)14(15)17/h16H,2-12H2,1H3,(H2,15,17). The van der Waals surface area contributed by atoms with Gasteiger partial charge in [0.1, 0.15) is 0 Å². The molecule has 0 saturated heterocycles. The largest absolute Gasteiger partial charge is 0.366 e. The van der Waals surface area contributed by atoms with Gasteiger partial charge in [-0.15, -0.1) is 0 Å². The van der Waals surface area contributed by atoms with E-state index in [2.05, 4.69) is 18.8 Å². The van der Waals surface area contributed by atoms with Crippen molar-refractivity contribution in [3.8, 4) is 0 Å². The predicted molar refractivity (Wildman–Crippen MR) is 73.8 cm³/mol. The number of nitrogens with two attached hydrogens (primary N) is 1. The van der Waals surface area contributed by atoms with Crippen LogP contribution < -0.4 is 11.1 Å². The van der Waals surface area contributed by atoms with Crippen molar-refractivity contribution >= 4 is 5.91 Å². The molecule has 0 atom stereocenters. The van der Waals surface area contributed by atoms with Gasteiger partial charge >= 0.3 is 0 Å². The van der Waals surface area contributed by atoms with Crippen molar-refractivity contribution in [2.45, 2.75) is 58.3 Å². The van der Waals surface area contributed by atoms with Crippen molar-refractivity contribution in [1.29, 1.82) is 0 Å². The zero-order chi connectivity index (χ0) is 12.9. The number of amides is 1. The number of nitrogens with one attached hydrogen (secondary N) is 1. The molecule has 0 aromatic rings. The molecule has 0 spiro atoms. The molecule has 0 saturated carbocycles. The van der Waals surface area contributed by atoms with Gasteiger partial charge < -0.3 is 11.1 Å². The van der Waals surface area contributed by atoms with Gasteiger partial charge in [0.15, 0.2) is 0 Å².